The lowest BCUT2D eigenvalue weighted by Gasteiger charge is -2.35. The van der Waals surface area contributed by atoms with Crippen LogP contribution in [0.5, 0.6) is 0 Å². The molecule has 1 heteroatoms. The Hall–Kier alpha value is -0.820. The molecule has 2 aliphatic rings. The standard InChI is InChI=1S/C16H23N/c1-16(9-10-16)15-7-11-17(12-8-15)13-14-5-3-2-4-6-14/h2-6,15H,7-13H2,1H3. The molecule has 3 rings (SSSR count). The Morgan fingerprint density at radius 3 is 2.35 bits per heavy atom. The van der Waals surface area contributed by atoms with Crippen LogP contribution in [0.4, 0.5) is 0 Å². The number of nitrogens with zero attached hydrogens (tertiary/aromatic N) is 1. The van der Waals surface area contributed by atoms with Crippen LogP contribution in [-0.4, -0.2) is 18.0 Å². The fraction of sp³-hybridized carbons (Fsp3) is 0.625. The number of hydrogen-bond acceptors (Lipinski definition) is 1. The number of benzene rings is 1. The fourth-order valence-corrected chi connectivity index (χ4v) is 3.24. The van der Waals surface area contributed by atoms with Gasteiger partial charge in [-0.2, -0.15) is 0 Å². The van der Waals surface area contributed by atoms with Gasteiger partial charge in [-0.25, -0.2) is 0 Å². The average molecular weight is 229 g/mol. The van der Waals surface area contributed by atoms with Crippen molar-refractivity contribution < 1.29 is 0 Å². The number of hydrogen-bond donors (Lipinski definition) is 0. The lowest BCUT2D eigenvalue weighted by molar-refractivity contribution is 0.138. The predicted molar refractivity (Wildman–Crippen MR) is 71.8 cm³/mol. The molecule has 1 saturated carbocycles. The molecule has 17 heavy (non-hydrogen) atoms. The van der Waals surface area contributed by atoms with Gasteiger partial charge in [0.1, 0.15) is 0 Å². The third kappa shape index (κ3) is 2.55. The van der Waals surface area contributed by atoms with Gasteiger partial charge in [0.25, 0.3) is 0 Å². The van der Waals surface area contributed by atoms with E-state index in [0.717, 1.165) is 17.9 Å². The Morgan fingerprint density at radius 2 is 1.76 bits per heavy atom. The molecule has 0 aromatic heterocycles. The fourth-order valence-electron chi connectivity index (χ4n) is 3.24. The van der Waals surface area contributed by atoms with E-state index >= 15 is 0 Å². The van der Waals surface area contributed by atoms with E-state index in [9.17, 15) is 0 Å². The molecule has 1 aromatic rings. The minimum Gasteiger partial charge on any atom is -0.299 e. The molecule has 0 unspecified atom stereocenters. The Labute approximate surface area is 105 Å². The van der Waals surface area contributed by atoms with Crippen molar-refractivity contribution in [3.63, 3.8) is 0 Å². The lowest BCUT2D eigenvalue weighted by Crippen LogP contribution is -2.35. The van der Waals surface area contributed by atoms with Crippen LogP contribution in [-0.2, 0) is 6.54 Å². The largest absolute Gasteiger partial charge is 0.299 e. The molecule has 0 bridgehead atoms. The van der Waals surface area contributed by atoms with Crippen molar-refractivity contribution in [3.8, 4) is 0 Å². The summed E-state index contributed by atoms with van der Waals surface area (Å²) >= 11 is 0. The van der Waals surface area contributed by atoms with Crippen molar-refractivity contribution in [3.05, 3.63) is 35.9 Å². The van der Waals surface area contributed by atoms with Gasteiger partial charge < -0.3 is 0 Å². The zero-order chi connectivity index (χ0) is 11.7. The molecule has 1 nitrogen and oxygen atoms in total. The van der Waals surface area contributed by atoms with E-state index in [0.29, 0.717) is 0 Å². The molecule has 0 amide bonds. The van der Waals surface area contributed by atoms with Crippen molar-refractivity contribution >= 4 is 0 Å². The molecular weight excluding hydrogens is 206 g/mol. The lowest BCUT2D eigenvalue weighted by atomic mass is 9.83. The molecule has 0 radical (unpaired) electrons. The second kappa shape index (κ2) is 4.45. The molecule has 1 aromatic carbocycles. The molecule has 0 atom stereocenters. The summed E-state index contributed by atoms with van der Waals surface area (Å²) in [5, 5.41) is 0. The SMILES string of the molecule is CC1(C2CCN(Cc3ccccc3)CC2)CC1. The van der Waals surface area contributed by atoms with Gasteiger partial charge >= 0.3 is 0 Å². The van der Waals surface area contributed by atoms with E-state index in [2.05, 4.69) is 42.2 Å². The molecule has 2 fully saturated rings. The summed E-state index contributed by atoms with van der Waals surface area (Å²) in [7, 11) is 0. The second-order valence-corrected chi connectivity index (χ2v) is 6.19. The second-order valence-electron chi connectivity index (χ2n) is 6.19. The Balaban J connectivity index is 1.52. The van der Waals surface area contributed by atoms with E-state index in [1.165, 1.54) is 44.3 Å². The Morgan fingerprint density at radius 1 is 1.12 bits per heavy atom. The van der Waals surface area contributed by atoms with Crippen molar-refractivity contribution in [1.29, 1.82) is 0 Å². The van der Waals surface area contributed by atoms with Crippen LogP contribution in [0.1, 0.15) is 38.2 Å². The predicted octanol–water partition coefficient (Wildman–Crippen LogP) is 3.70. The quantitative estimate of drug-likeness (QED) is 0.764. The van der Waals surface area contributed by atoms with Crippen LogP contribution in [0.25, 0.3) is 0 Å². The summed E-state index contributed by atoms with van der Waals surface area (Å²) in [5.74, 6) is 1.01. The van der Waals surface area contributed by atoms with E-state index in [-0.39, 0.29) is 0 Å². The highest BCUT2D eigenvalue weighted by Gasteiger charge is 2.45. The molecule has 92 valence electrons. The molecule has 1 aliphatic heterocycles. The first-order valence-electron chi connectivity index (χ1n) is 7.03. The van der Waals surface area contributed by atoms with Crippen molar-refractivity contribution in [2.45, 2.75) is 39.2 Å². The van der Waals surface area contributed by atoms with Gasteiger partial charge in [-0.3, -0.25) is 4.90 Å². The summed E-state index contributed by atoms with van der Waals surface area (Å²) in [4.78, 5) is 2.62. The van der Waals surface area contributed by atoms with Crippen molar-refractivity contribution in [1.82, 2.24) is 4.90 Å². The summed E-state index contributed by atoms with van der Waals surface area (Å²) in [6.07, 6.45) is 5.80. The third-order valence-corrected chi connectivity index (χ3v) is 4.86. The maximum absolute atomic E-state index is 2.62. The van der Waals surface area contributed by atoms with Crippen LogP contribution >= 0.6 is 0 Å². The maximum Gasteiger partial charge on any atom is 0.0233 e. The zero-order valence-electron chi connectivity index (χ0n) is 10.9. The first-order valence-corrected chi connectivity index (χ1v) is 7.03. The van der Waals surface area contributed by atoms with E-state index in [1.807, 2.05) is 0 Å². The first-order chi connectivity index (χ1) is 8.26. The summed E-state index contributed by atoms with van der Waals surface area (Å²) in [6.45, 7) is 6.24. The zero-order valence-corrected chi connectivity index (χ0v) is 10.9. The smallest absolute Gasteiger partial charge is 0.0233 e. The molecule has 0 N–H and O–H groups in total. The summed E-state index contributed by atoms with van der Waals surface area (Å²) in [6, 6.07) is 10.9. The highest BCUT2D eigenvalue weighted by Crippen LogP contribution is 2.54. The normalized spacial score (nSPS) is 24.8. The van der Waals surface area contributed by atoms with Crippen LogP contribution in [0, 0.1) is 11.3 Å². The maximum atomic E-state index is 2.62. The van der Waals surface area contributed by atoms with E-state index in [1.54, 1.807) is 0 Å². The van der Waals surface area contributed by atoms with Gasteiger partial charge in [0, 0.05) is 6.54 Å². The van der Waals surface area contributed by atoms with Gasteiger partial charge in [0.05, 0.1) is 0 Å². The monoisotopic (exact) mass is 229 g/mol. The third-order valence-electron chi connectivity index (χ3n) is 4.86. The molecule has 1 heterocycles. The van der Waals surface area contributed by atoms with Crippen LogP contribution < -0.4 is 0 Å². The van der Waals surface area contributed by atoms with Gasteiger partial charge in [-0.05, 0) is 55.7 Å². The van der Waals surface area contributed by atoms with Crippen LogP contribution in [0.15, 0.2) is 30.3 Å². The van der Waals surface area contributed by atoms with E-state index < -0.39 is 0 Å². The topological polar surface area (TPSA) is 3.24 Å². The first kappa shape index (κ1) is 11.3. The van der Waals surface area contributed by atoms with Crippen molar-refractivity contribution in [2.75, 3.05) is 13.1 Å². The molecular formula is C16H23N. The van der Waals surface area contributed by atoms with Gasteiger partial charge in [0.15, 0.2) is 0 Å². The number of piperidine rings is 1. The highest BCUT2D eigenvalue weighted by molar-refractivity contribution is 5.14. The molecule has 1 aliphatic carbocycles. The minimum absolute atomic E-state index is 0.735. The number of likely N-dealkylation sites (tertiary alicyclic amines) is 1. The minimum atomic E-state index is 0.735. The highest BCUT2D eigenvalue weighted by atomic mass is 15.1. The van der Waals surface area contributed by atoms with Gasteiger partial charge in [-0.1, -0.05) is 37.3 Å². The van der Waals surface area contributed by atoms with Crippen LogP contribution in [0.3, 0.4) is 0 Å². The van der Waals surface area contributed by atoms with Crippen molar-refractivity contribution in [2.24, 2.45) is 11.3 Å². The number of rotatable bonds is 3. The summed E-state index contributed by atoms with van der Waals surface area (Å²) < 4.78 is 0. The summed E-state index contributed by atoms with van der Waals surface area (Å²) in [5.41, 5.74) is 2.20. The van der Waals surface area contributed by atoms with Gasteiger partial charge in [0.2, 0.25) is 0 Å². The van der Waals surface area contributed by atoms with Gasteiger partial charge in [-0.15, -0.1) is 0 Å². The molecule has 0 spiro atoms. The molecule has 1 saturated heterocycles. The average Bonchev–Trinajstić information content (AvgIpc) is 3.11. The van der Waals surface area contributed by atoms with Crippen LogP contribution in [0.2, 0.25) is 0 Å². The van der Waals surface area contributed by atoms with E-state index in [4.69, 9.17) is 0 Å². The Kier molecular flexibility index (Phi) is 2.96. The Bertz CT molecular complexity index is 358.